The van der Waals surface area contributed by atoms with E-state index in [0.717, 1.165) is 17.5 Å². The molecular weight excluding hydrogens is 467 g/mol. The number of carbonyl (C=O) groups excluding carboxylic acids is 2. The van der Waals surface area contributed by atoms with Gasteiger partial charge in [-0.2, -0.15) is 13.2 Å². The van der Waals surface area contributed by atoms with Crippen LogP contribution in [0.2, 0.25) is 5.02 Å². The Bertz CT molecular complexity index is 925. The Hall–Kier alpha value is -2.37. The third-order valence-electron chi connectivity index (χ3n) is 5.95. The maximum atomic E-state index is 12.7. The van der Waals surface area contributed by atoms with Gasteiger partial charge in [-0.05, 0) is 42.5 Å². The van der Waals surface area contributed by atoms with Crippen LogP contribution in [-0.4, -0.2) is 57.3 Å². The first kappa shape index (κ1) is 26.9. The van der Waals surface area contributed by atoms with Gasteiger partial charge in [0.15, 0.2) is 0 Å². The maximum absolute atomic E-state index is 12.7. The highest BCUT2D eigenvalue weighted by molar-refractivity contribution is 6.30. The molecule has 1 saturated heterocycles. The average molecular weight is 494 g/mol. The molecule has 8 nitrogen and oxygen atoms in total. The lowest BCUT2D eigenvalue weighted by molar-refractivity contribution is -0.192. The van der Waals surface area contributed by atoms with Gasteiger partial charge in [-0.3, -0.25) is 9.59 Å². The largest absolute Gasteiger partial charge is 0.490 e. The first-order valence-electron chi connectivity index (χ1n) is 10.2. The summed E-state index contributed by atoms with van der Waals surface area (Å²) in [4.78, 5) is 35.8. The van der Waals surface area contributed by atoms with E-state index in [-0.39, 0.29) is 11.8 Å². The van der Waals surface area contributed by atoms with E-state index in [9.17, 15) is 27.9 Å². The number of rotatable bonds is 5. The van der Waals surface area contributed by atoms with E-state index in [0.29, 0.717) is 37.5 Å². The fourth-order valence-corrected chi connectivity index (χ4v) is 3.93. The number of aliphatic hydroxyl groups is 1. The Kier molecular flexibility index (Phi) is 8.03. The molecule has 0 bridgehead atoms. The lowest BCUT2D eigenvalue weighted by atomic mass is 10.1. The second-order valence-corrected chi connectivity index (χ2v) is 9.15. The Morgan fingerprint density at radius 2 is 1.85 bits per heavy atom. The van der Waals surface area contributed by atoms with Crippen LogP contribution in [0.1, 0.15) is 44.2 Å². The van der Waals surface area contributed by atoms with E-state index >= 15 is 0 Å². The van der Waals surface area contributed by atoms with E-state index in [2.05, 4.69) is 5.32 Å². The quantitative estimate of drug-likeness (QED) is 0.497. The van der Waals surface area contributed by atoms with Crippen LogP contribution in [0.15, 0.2) is 18.2 Å². The minimum Gasteiger partial charge on any atom is -0.475 e. The molecule has 0 aromatic heterocycles. The van der Waals surface area contributed by atoms with Crippen LogP contribution in [0.3, 0.4) is 0 Å². The fraction of sp³-hybridized carbons (Fsp3) is 0.571. The summed E-state index contributed by atoms with van der Waals surface area (Å²) in [5.74, 6) is -3.29. The fourth-order valence-electron chi connectivity index (χ4n) is 3.74. The van der Waals surface area contributed by atoms with Crippen molar-refractivity contribution in [2.75, 3.05) is 6.54 Å². The van der Waals surface area contributed by atoms with Crippen molar-refractivity contribution in [2.45, 2.75) is 64.0 Å². The number of hydrogen-bond donors (Lipinski definition) is 4. The van der Waals surface area contributed by atoms with Crippen LogP contribution >= 0.6 is 11.6 Å². The molecule has 12 heteroatoms. The molecule has 33 heavy (non-hydrogen) atoms. The van der Waals surface area contributed by atoms with Crippen LogP contribution in [-0.2, 0) is 27.5 Å². The van der Waals surface area contributed by atoms with Gasteiger partial charge in [0.25, 0.3) is 5.91 Å². The van der Waals surface area contributed by atoms with Gasteiger partial charge in [0.1, 0.15) is 11.6 Å². The molecule has 0 unspecified atom stereocenters. The molecule has 3 rings (SSSR count). The number of nitrogens with one attached hydrogen (secondary N) is 1. The predicted molar refractivity (Wildman–Crippen MR) is 113 cm³/mol. The van der Waals surface area contributed by atoms with Gasteiger partial charge in [0.05, 0.1) is 0 Å². The van der Waals surface area contributed by atoms with Crippen molar-refractivity contribution in [1.29, 1.82) is 0 Å². The third kappa shape index (κ3) is 6.15. The normalized spacial score (nSPS) is 23.4. The van der Waals surface area contributed by atoms with Gasteiger partial charge >= 0.3 is 12.1 Å². The van der Waals surface area contributed by atoms with Gasteiger partial charge in [0.2, 0.25) is 5.91 Å². The summed E-state index contributed by atoms with van der Waals surface area (Å²) in [5.41, 5.74) is 5.76. The molecule has 2 aliphatic rings. The summed E-state index contributed by atoms with van der Waals surface area (Å²) in [6.45, 7) is 4.90. The second kappa shape index (κ2) is 9.86. The molecule has 2 fully saturated rings. The van der Waals surface area contributed by atoms with Crippen molar-refractivity contribution >= 4 is 29.4 Å². The summed E-state index contributed by atoms with van der Waals surface area (Å²) in [6, 6.07) is 4.87. The zero-order valence-corrected chi connectivity index (χ0v) is 19.0. The number of amides is 2. The molecule has 1 saturated carbocycles. The smallest absolute Gasteiger partial charge is 0.475 e. The van der Waals surface area contributed by atoms with Gasteiger partial charge in [-0.1, -0.05) is 31.5 Å². The van der Waals surface area contributed by atoms with Gasteiger partial charge in [0, 0.05) is 30.1 Å². The molecule has 5 N–H and O–H groups in total. The van der Waals surface area contributed by atoms with Crippen LogP contribution in [0.5, 0.6) is 0 Å². The number of carboxylic acid groups (broad SMARTS) is 1. The Morgan fingerprint density at radius 3 is 2.33 bits per heavy atom. The SMILES string of the molecule is CC1(C)C[C@]1(O)C(=O)N1CCC[C@H]1C(=O)NCc1cc(Cl)ccc1CN.O=C(O)C(F)(F)F. The van der Waals surface area contributed by atoms with Crippen molar-refractivity contribution in [2.24, 2.45) is 11.1 Å². The lowest BCUT2D eigenvalue weighted by Gasteiger charge is -2.27. The Labute approximate surface area is 193 Å². The number of halogens is 4. The highest BCUT2D eigenvalue weighted by atomic mass is 35.5. The average Bonchev–Trinajstić information content (AvgIpc) is 3.06. The topological polar surface area (TPSA) is 133 Å². The molecule has 2 amide bonds. The first-order chi connectivity index (χ1) is 15.1. The Morgan fingerprint density at radius 1 is 1.27 bits per heavy atom. The maximum Gasteiger partial charge on any atom is 0.490 e. The molecular formula is C21H27ClF3N3O5. The lowest BCUT2D eigenvalue weighted by Crippen LogP contribution is -2.50. The number of nitrogens with zero attached hydrogens (tertiary/aromatic N) is 1. The molecule has 1 aliphatic heterocycles. The minimum atomic E-state index is -5.08. The van der Waals surface area contributed by atoms with Crippen LogP contribution in [0.25, 0.3) is 0 Å². The summed E-state index contributed by atoms with van der Waals surface area (Å²) >= 11 is 6.03. The predicted octanol–water partition coefficient (Wildman–Crippen LogP) is 2.20. The molecule has 2 atom stereocenters. The van der Waals surface area contributed by atoms with Gasteiger partial charge < -0.3 is 26.2 Å². The zero-order valence-electron chi connectivity index (χ0n) is 18.2. The third-order valence-corrected chi connectivity index (χ3v) is 6.18. The number of alkyl halides is 3. The second-order valence-electron chi connectivity index (χ2n) is 8.72. The van der Waals surface area contributed by atoms with E-state index in [1.807, 2.05) is 19.9 Å². The van der Waals surface area contributed by atoms with E-state index in [1.165, 1.54) is 4.90 Å². The molecule has 0 radical (unpaired) electrons. The highest BCUT2D eigenvalue weighted by Crippen LogP contribution is 2.56. The number of likely N-dealkylation sites (tertiary alicyclic amines) is 1. The van der Waals surface area contributed by atoms with E-state index in [1.54, 1.807) is 12.1 Å². The van der Waals surface area contributed by atoms with Crippen LogP contribution in [0, 0.1) is 5.41 Å². The van der Waals surface area contributed by atoms with Gasteiger partial charge in [-0.25, -0.2) is 4.79 Å². The molecule has 1 aromatic carbocycles. The summed E-state index contributed by atoms with van der Waals surface area (Å²) in [7, 11) is 0. The number of nitrogens with two attached hydrogens (primary N) is 1. The first-order valence-corrected chi connectivity index (χ1v) is 10.6. The minimum absolute atomic E-state index is 0.208. The van der Waals surface area contributed by atoms with E-state index in [4.69, 9.17) is 27.2 Å². The van der Waals surface area contributed by atoms with Crippen LogP contribution < -0.4 is 11.1 Å². The van der Waals surface area contributed by atoms with Crippen molar-refractivity contribution < 1.29 is 37.8 Å². The van der Waals surface area contributed by atoms with Gasteiger partial charge in [-0.15, -0.1) is 0 Å². The highest BCUT2D eigenvalue weighted by Gasteiger charge is 2.67. The monoisotopic (exact) mass is 493 g/mol. The summed E-state index contributed by atoms with van der Waals surface area (Å²) in [5, 5.41) is 21.1. The standard InChI is InChI=1S/C19H26ClN3O3.C2HF3O2/c1-18(2)11-19(18,26)17(25)23-7-3-4-15(23)16(24)22-10-13-8-14(20)6-5-12(13)9-21;3-2(4,5)1(6)7/h5-6,8,15,26H,3-4,7,9-11,21H2,1-2H3,(H,22,24);(H,6,7)/t15-,19-;/m0./s1. The van der Waals surface area contributed by atoms with Crippen molar-refractivity contribution in [3.63, 3.8) is 0 Å². The number of carbonyl (C=O) groups is 3. The molecule has 1 heterocycles. The number of aliphatic carboxylic acids is 1. The summed E-state index contributed by atoms with van der Waals surface area (Å²) < 4.78 is 31.7. The number of carboxylic acids is 1. The Balaban J connectivity index is 0.000000479. The zero-order chi connectivity index (χ0) is 25.2. The summed E-state index contributed by atoms with van der Waals surface area (Å²) in [6.07, 6.45) is -3.29. The van der Waals surface area contributed by atoms with Crippen molar-refractivity contribution in [1.82, 2.24) is 10.2 Å². The van der Waals surface area contributed by atoms with E-state index < -0.39 is 29.2 Å². The molecule has 1 aliphatic carbocycles. The number of benzene rings is 1. The van der Waals surface area contributed by atoms with Crippen LogP contribution in [0.4, 0.5) is 13.2 Å². The molecule has 0 spiro atoms. The van der Waals surface area contributed by atoms with Crippen molar-refractivity contribution in [3.8, 4) is 0 Å². The molecule has 184 valence electrons. The molecule has 1 aromatic rings. The van der Waals surface area contributed by atoms with Crippen molar-refractivity contribution in [3.05, 3.63) is 34.3 Å². The number of hydrogen-bond acceptors (Lipinski definition) is 5.